The van der Waals surface area contributed by atoms with E-state index in [-0.39, 0.29) is 18.1 Å². The fourth-order valence-electron chi connectivity index (χ4n) is 1.99. The number of carboxylic acid groups (broad SMARTS) is 1. The van der Waals surface area contributed by atoms with E-state index in [1.54, 1.807) is 19.2 Å². The Morgan fingerprint density at radius 2 is 2.10 bits per heavy atom. The number of carbonyl (C=O) groups excluding carboxylic acids is 1. The number of aliphatic carboxylic acids is 1. The van der Waals surface area contributed by atoms with E-state index in [0.29, 0.717) is 29.6 Å². The first kappa shape index (κ1) is 14.0. The standard InChI is InChI=1S/C14H15FN2O3/c1-17(6-2-3-13(18)19)14(20)12-8-9-7-10(15)4-5-11(9)16-12/h4-5,7-8,16H,2-3,6H2,1H3,(H,18,19). The summed E-state index contributed by atoms with van der Waals surface area (Å²) in [6.07, 6.45) is 0.419. The van der Waals surface area contributed by atoms with Gasteiger partial charge in [-0.25, -0.2) is 4.39 Å². The Morgan fingerprint density at radius 3 is 2.80 bits per heavy atom. The molecule has 1 heterocycles. The Labute approximate surface area is 115 Å². The van der Waals surface area contributed by atoms with Crippen LogP contribution in [0.2, 0.25) is 0 Å². The topological polar surface area (TPSA) is 73.4 Å². The summed E-state index contributed by atoms with van der Waals surface area (Å²) in [5.74, 6) is -1.48. The molecule has 5 nitrogen and oxygen atoms in total. The number of rotatable bonds is 5. The number of carbonyl (C=O) groups is 2. The lowest BCUT2D eigenvalue weighted by molar-refractivity contribution is -0.137. The van der Waals surface area contributed by atoms with Crippen molar-refractivity contribution in [2.24, 2.45) is 0 Å². The average molecular weight is 278 g/mol. The number of halogens is 1. The maximum atomic E-state index is 13.1. The van der Waals surface area contributed by atoms with Gasteiger partial charge in [0.25, 0.3) is 5.91 Å². The Kier molecular flexibility index (Phi) is 4.02. The average Bonchev–Trinajstić information content (AvgIpc) is 2.80. The van der Waals surface area contributed by atoms with Crippen LogP contribution in [0.1, 0.15) is 23.3 Å². The van der Waals surface area contributed by atoms with Gasteiger partial charge in [0, 0.05) is 30.9 Å². The van der Waals surface area contributed by atoms with Crippen molar-refractivity contribution in [2.45, 2.75) is 12.8 Å². The van der Waals surface area contributed by atoms with Gasteiger partial charge in [-0.3, -0.25) is 9.59 Å². The fourth-order valence-corrected chi connectivity index (χ4v) is 1.99. The van der Waals surface area contributed by atoms with E-state index in [9.17, 15) is 14.0 Å². The third-order valence-corrected chi connectivity index (χ3v) is 3.04. The molecular weight excluding hydrogens is 263 g/mol. The molecule has 1 aromatic heterocycles. The monoisotopic (exact) mass is 278 g/mol. The molecule has 0 fully saturated rings. The lowest BCUT2D eigenvalue weighted by Gasteiger charge is -2.15. The van der Waals surface area contributed by atoms with Crippen molar-refractivity contribution >= 4 is 22.8 Å². The molecule has 0 aliphatic heterocycles. The molecule has 0 saturated heterocycles. The maximum Gasteiger partial charge on any atom is 0.303 e. The summed E-state index contributed by atoms with van der Waals surface area (Å²) in [6, 6.07) is 5.84. The molecule has 0 aliphatic rings. The number of fused-ring (bicyclic) bond motifs is 1. The summed E-state index contributed by atoms with van der Waals surface area (Å²) in [6.45, 7) is 0.356. The summed E-state index contributed by atoms with van der Waals surface area (Å²) in [5, 5.41) is 9.19. The number of hydrogen-bond donors (Lipinski definition) is 2. The molecule has 0 saturated carbocycles. The second-order valence-corrected chi connectivity index (χ2v) is 4.64. The number of hydrogen-bond acceptors (Lipinski definition) is 2. The zero-order valence-corrected chi connectivity index (χ0v) is 11.0. The van der Waals surface area contributed by atoms with Crippen LogP contribution in [-0.2, 0) is 4.79 Å². The minimum Gasteiger partial charge on any atom is -0.481 e. The van der Waals surface area contributed by atoms with E-state index >= 15 is 0 Å². The van der Waals surface area contributed by atoms with Gasteiger partial charge >= 0.3 is 5.97 Å². The molecule has 0 aliphatic carbocycles. The molecule has 106 valence electrons. The molecule has 2 aromatic rings. The second-order valence-electron chi connectivity index (χ2n) is 4.64. The van der Waals surface area contributed by atoms with Gasteiger partial charge in [0.15, 0.2) is 0 Å². The van der Waals surface area contributed by atoms with Crippen LogP contribution in [0, 0.1) is 5.82 Å². The van der Waals surface area contributed by atoms with Crippen molar-refractivity contribution in [2.75, 3.05) is 13.6 Å². The molecule has 6 heteroatoms. The first-order valence-corrected chi connectivity index (χ1v) is 6.23. The van der Waals surface area contributed by atoms with Crippen molar-refractivity contribution in [3.8, 4) is 0 Å². The molecule has 1 amide bonds. The number of nitrogens with zero attached hydrogens (tertiary/aromatic N) is 1. The highest BCUT2D eigenvalue weighted by Crippen LogP contribution is 2.17. The van der Waals surface area contributed by atoms with Crippen molar-refractivity contribution in [3.63, 3.8) is 0 Å². The van der Waals surface area contributed by atoms with Crippen molar-refractivity contribution in [1.29, 1.82) is 0 Å². The van der Waals surface area contributed by atoms with Gasteiger partial charge in [0.1, 0.15) is 11.5 Å². The van der Waals surface area contributed by atoms with Crippen LogP contribution in [-0.4, -0.2) is 40.5 Å². The lowest BCUT2D eigenvalue weighted by Crippen LogP contribution is -2.28. The molecule has 0 radical (unpaired) electrons. The Hall–Kier alpha value is -2.37. The predicted molar refractivity (Wildman–Crippen MR) is 72.1 cm³/mol. The summed E-state index contributed by atoms with van der Waals surface area (Å²) in [4.78, 5) is 26.9. The van der Waals surface area contributed by atoms with Gasteiger partial charge in [0.05, 0.1) is 0 Å². The fraction of sp³-hybridized carbons (Fsp3) is 0.286. The van der Waals surface area contributed by atoms with Gasteiger partial charge < -0.3 is 15.0 Å². The first-order chi connectivity index (χ1) is 9.47. The molecule has 2 rings (SSSR count). The SMILES string of the molecule is CN(CCCC(=O)O)C(=O)c1cc2cc(F)ccc2[nH]1. The zero-order valence-electron chi connectivity index (χ0n) is 11.0. The number of benzene rings is 1. The van der Waals surface area contributed by atoms with Gasteiger partial charge in [-0.05, 0) is 30.7 Å². The van der Waals surface area contributed by atoms with E-state index in [4.69, 9.17) is 5.11 Å². The van der Waals surface area contributed by atoms with E-state index in [2.05, 4.69) is 4.98 Å². The molecule has 0 bridgehead atoms. The summed E-state index contributed by atoms with van der Waals surface area (Å²) in [7, 11) is 1.61. The van der Waals surface area contributed by atoms with E-state index in [1.165, 1.54) is 17.0 Å². The number of H-pyrrole nitrogens is 1. The normalized spacial score (nSPS) is 10.7. The van der Waals surface area contributed by atoms with E-state index < -0.39 is 5.97 Å². The number of aromatic amines is 1. The minimum absolute atomic E-state index is 0.0233. The molecule has 2 N–H and O–H groups in total. The van der Waals surface area contributed by atoms with E-state index in [0.717, 1.165) is 0 Å². The number of carboxylic acids is 1. The van der Waals surface area contributed by atoms with Crippen molar-refractivity contribution in [1.82, 2.24) is 9.88 Å². The predicted octanol–water partition coefficient (Wildman–Crippen LogP) is 2.24. The molecule has 20 heavy (non-hydrogen) atoms. The van der Waals surface area contributed by atoms with Gasteiger partial charge in [-0.15, -0.1) is 0 Å². The van der Waals surface area contributed by atoms with Gasteiger partial charge in [-0.1, -0.05) is 0 Å². The highest BCUT2D eigenvalue weighted by atomic mass is 19.1. The number of aromatic nitrogens is 1. The molecular formula is C14H15FN2O3. The minimum atomic E-state index is -0.882. The second kappa shape index (κ2) is 5.73. The van der Waals surface area contributed by atoms with Crippen LogP contribution in [0.5, 0.6) is 0 Å². The van der Waals surface area contributed by atoms with Crippen LogP contribution in [0.25, 0.3) is 10.9 Å². The third kappa shape index (κ3) is 3.14. The highest BCUT2D eigenvalue weighted by Gasteiger charge is 2.14. The zero-order chi connectivity index (χ0) is 14.7. The highest BCUT2D eigenvalue weighted by molar-refractivity contribution is 5.97. The van der Waals surface area contributed by atoms with Crippen LogP contribution in [0.15, 0.2) is 24.3 Å². The summed E-state index contributed by atoms with van der Waals surface area (Å²) < 4.78 is 13.1. The summed E-state index contributed by atoms with van der Waals surface area (Å²) in [5.41, 5.74) is 1.05. The molecule has 1 aromatic carbocycles. The molecule has 0 spiro atoms. The lowest BCUT2D eigenvalue weighted by atomic mass is 10.2. The van der Waals surface area contributed by atoms with Crippen molar-refractivity contribution in [3.05, 3.63) is 35.8 Å². The Balaban J connectivity index is 2.08. The molecule has 0 atom stereocenters. The van der Waals surface area contributed by atoms with Crippen LogP contribution < -0.4 is 0 Å². The first-order valence-electron chi connectivity index (χ1n) is 6.23. The number of nitrogens with one attached hydrogen (secondary N) is 1. The van der Waals surface area contributed by atoms with Gasteiger partial charge in [0.2, 0.25) is 0 Å². The molecule has 0 unspecified atom stereocenters. The van der Waals surface area contributed by atoms with Crippen LogP contribution >= 0.6 is 0 Å². The largest absolute Gasteiger partial charge is 0.481 e. The van der Waals surface area contributed by atoms with Crippen LogP contribution in [0.4, 0.5) is 4.39 Å². The Bertz CT molecular complexity index is 651. The quantitative estimate of drug-likeness (QED) is 0.881. The van der Waals surface area contributed by atoms with Crippen molar-refractivity contribution < 1.29 is 19.1 Å². The summed E-state index contributed by atoms with van der Waals surface area (Å²) >= 11 is 0. The van der Waals surface area contributed by atoms with E-state index in [1.807, 2.05) is 0 Å². The van der Waals surface area contributed by atoms with Crippen LogP contribution in [0.3, 0.4) is 0 Å². The smallest absolute Gasteiger partial charge is 0.303 e. The third-order valence-electron chi connectivity index (χ3n) is 3.04. The van der Waals surface area contributed by atoms with Gasteiger partial charge in [-0.2, -0.15) is 0 Å². The maximum absolute atomic E-state index is 13.1. The number of amides is 1. The Morgan fingerprint density at radius 1 is 1.35 bits per heavy atom.